The van der Waals surface area contributed by atoms with Gasteiger partial charge in [0.15, 0.2) is 0 Å². The van der Waals surface area contributed by atoms with Crippen LogP contribution in [0, 0.1) is 13.8 Å². The highest BCUT2D eigenvalue weighted by Crippen LogP contribution is 2.13. The SMILES string of the molecule is Cc1cccc(OCCCC(=O)N(C)Cc2cc(C)on2)c1. The van der Waals surface area contributed by atoms with Gasteiger partial charge in [-0.1, -0.05) is 17.3 Å². The first-order chi connectivity index (χ1) is 10.5. The van der Waals surface area contributed by atoms with Crippen molar-refractivity contribution in [3.8, 4) is 5.75 Å². The van der Waals surface area contributed by atoms with Crippen LogP contribution in [0.2, 0.25) is 0 Å². The number of hydrogen-bond donors (Lipinski definition) is 0. The van der Waals surface area contributed by atoms with E-state index < -0.39 is 0 Å². The van der Waals surface area contributed by atoms with E-state index in [9.17, 15) is 4.79 Å². The van der Waals surface area contributed by atoms with Gasteiger partial charge in [0, 0.05) is 19.5 Å². The van der Waals surface area contributed by atoms with Crippen LogP contribution < -0.4 is 4.74 Å². The molecule has 1 amide bonds. The number of aromatic nitrogens is 1. The molecule has 0 saturated carbocycles. The van der Waals surface area contributed by atoms with E-state index in [4.69, 9.17) is 9.26 Å². The van der Waals surface area contributed by atoms with Gasteiger partial charge >= 0.3 is 0 Å². The Balaban J connectivity index is 1.68. The molecule has 0 radical (unpaired) electrons. The van der Waals surface area contributed by atoms with Crippen molar-refractivity contribution < 1.29 is 14.1 Å². The number of nitrogens with zero attached hydrogens (tertiary/aromatic N) is 2. The summed E-state index contributed by atoms with van der Waals surface area (Å²) in [7, 11) is 1.77. The molecule has 0 N–H and O–H groups in total. The minimum Gasteiger partial charge on any atom is -0.494 e. The van der Waals surface area contributed by atoms with Crippen LogP contribution in [0.5, 0.6) is 5.75 Å². The molecule has 0 aliphatic carbocycles. The summed E-state index contributed by atoms with van der Waals surface area (Å²) in [4.78, 5) is 13.7. The van der Waals surface area contributed by atoms with E-state index in [2.05, 4.69) is 5.16 Å². The maximum Gasteiger partial charge on any atom is 0.222 e. The minimum absolute atomic E-state index is 0.0773. The van der Waals surface area contributed by atoms with Crippen LogP contribution in [0.15, 0.2) is 34.9 Å². The first kappa shape index (κ1) is 16.1. The Bertz CT molecular complexity index is 622. The molecule has 0 saturated heterocycles. The molecule has 0 fully saturated rings. The zero-order chi connectivity index (χ0) is 15.9. The summed E-state index contributed by atoms with van der Waals surface area (Å²) in [5, 5.41) is 3.89. The molecule has 2 aromatic rings. The number of ether oxygens (including phenoxy) is 1. The number of hydrogen-bond acceptors (Lipinski definition) is 4. The van der Waals surface area contributed by atoms with Crippen LogP contribution in [-0.2, 0) is 11.3 Å². The summed E-state index contributed by atoms with van der Waals surface area (Å²) >= 11 is 0. The summed E-state index contributed by atoms with van der Waals surface area (Å²) < 4.78 is 10.6. The molecular weight excluding hydrogens is 280 g/mol. The van der Waals surface area contributed by atoms with Gasteiger partial charge in [0.1, 0.15) is 17.2 Å². The van der Waals surface area contributed by atoms with E-state index >= 15 is 0 Å². The molecule has 0 unspecified atom stereocenters. The van der Waals surface area contributed by atoms with Crippen molar-refractivity contribution in [1.82, 2.24) is 10.1 Å². The van der Waals surface area contributed by atoms with Crippen molar-refractivity contribution in [1.29, 1.82) is 0 Å². The van der Waals surface area contributed by atoms with Gasteiger partial charge in [-0.25, -0.2) is 0 Å². The first-order valence-corrected chi connectivity index (χ1v) is 7.40. The Hall–Kier alpha value is -2.30. The highest BCUT2D eigenvalue weighted by atomic mass is 16.5. The standard InChI is InChI=1S/C17H22N2O3/c1-13-6-4-7-16(10-13)21-9-5-8-17(20)19(3)12-15-11-14(2)22-18-15/h4,6-7,10-11H,5,8-9,12H2,1-3H3. The molecule has 1 heterocycles. The molecule has 2 rings (SSSR count). The molecule has 22 heavy (non-hydrogen) atoms. The first-order valence-electron chi connectivity index (χ1n) is 7.40. The van der Waals surface area contributed by atoms with Crippen LogP contribution >= 0.6 is 0 Å². The Kier molecular flexibility index (Phi) is 5.58. The third kappa shape index (κ3) is 4.91. The molecule has 1 aromatic heterocycles. The van der Waals surface area contributed by atoms with Crippen molar-refractivity contribution in [2.24, 2.45) is 0 Å². The lowest BCUT2D eigenvalue weighted by Gasteiger charge is -2.15. The van der Waals surface area contributed by atoms with Crippen molar-refractivity contribution in [3.05, 3.63) is 47.3 Å². The maximum atomic E-state index is 12.0. The number of rotatable bonds is 7. The Morgan fingerprint density at radius 3 is 2.82 bits per heavy atom. The van der Waals surface area contributed by atoms with Gasteiger partial charge < -0.3 is 14.2 Å². The fraction of sp³-hybridized carbons (Fsp3) is 0.412. The predicted octanol–water partition coefficient (Wildman–Crippen LogP) is 3.11. The van der Waals surface area contributed by atoms with Gasteiger partial charge in [-0.15, -0.1) is 0 Å². The highest BCUT2D eigenvalue weighted by molar-refractivity contribution is 5.75. The van der Waals surface area contributed by atoms with E-state index in [0.29, 0.717) is 26.0 Å². The molecule has 0 aliphatic heterocycles. The topological polar surface area (TPSA) is 55.6 Å². The van der Waals surface area contributed by atoms with E-state index in [1.54, 1.807) is 11.9 Å². The summed E-state index contributed by atoms with van der Waals surface area (Å²) in [5.41, 5.74) is 1.93. The average molecular weight is 302 g/mol. The largest absolute Gasteiger partial charge is 0.494 e. The lowest BCUT2D eigenvalue weighted by Crippen LogP contribution is -2.26. The molecule has 0 bridgehead atoms. The second-order valence-electron chi connectivity index (χ2n) is 5.45. The van der Waals surface area contributed by atoms with E-state index in [0.717, 1.165) is 22.8 Å². The molecule has 0 aliphatic rings. The van der Waals surface area contributed by atoms with Gasteiger partial charge in [-0.05, 0) is 38.0 Å². The minimum atomic E-state index is 0.0773. The highest BCUT2D eigenvalue weighted by Gasteiger charge is 2.11. The summed E-state index contributed by atoms with van der Waals surface area (Å²) in [6.07, 6.45) is 1.15. The van der Waals surface area contributed by atoms with Crippen LogP contribution in [-0.4, -0.2) is 29.6 Å². The lowest BCUT2D eigenvalue weighted by atomic mass is 10.2. The Labute approximate surface area is 130 Å². The normalized spacial score (nSPS) is 10.5. The molecule has 0 spiro atoms. The van der Waals surface area contributed by atoms with Crippen molar-refractivity contribution in [2.45, 2.75) is 33.2 Å². The van der Waals surface area contributed by atoms with Gasteiger partial charge in [-0.3, -0.25) is 4.79 Å². The van der Waals surface area contributed by atoms with E-state index in [-0.39, 0.29) is 5.91 Å². The smallest absolute Gasteiger partial charge is 0.222 e. The van der Waals surface area contributed by atoms with Crippen LogP contribution in [0.4, 0.5) is 0 Å². The third-order valence-electron chi connectivity index (χ3n) is 3.29. The van der Waals surface area contributed by atoms with Gasteiger partial charge in [0.05, 0.1) is 13.2 Å². The zero-order valence-electron chi connectivity index (χ0n) is 13.3. The number of aryl methyl sites for hydroxylation is 2. The monoisotopic (exact) mass is 302 g/mol. The Morgan fingerprint density at radius 1 is 1.32 bits per heavy atom. The zero-order valence-corrected chi connectivity index (χ0v) is 13.3. The van der Waals surface area contributed by atoms with Crippen LogP contribution in [0.25, 0.3) is 0 Å². The predicted molar refractivity (Wildman–Crippen MR) is 83.6 cm³/mol. The average Bonchev–Trinajstić information content (AvgIpc) is 2.88. The van der Waals surface area contributed by atoms with Crippen LogP contribution in [0.3, 0.4) is 0 Å². The molecule has 5 heteroatoms. The van der Waals surface area contributed by atoms with Gasteiger partial charge in [-0.2, -0.15) is 0 Å². The quantitative estimate of drug-likeness (QED) is 0.737. The number of amides is 1. The van der Waals surface area contributed by atoms with Crippen molar-refractivity contribution >= 4 is 5.91 Å². The molecule has 5 nitrogen and oxygen atoms in total. The van der Waals surface area contributed by atoms with Crippen LogP contribution in [0.1, 0.15) is 29.9 Å². The molecular formula is C17H22N2O3. The van der Waals surface area contributed by atoms with Gasteiger partial charge in [0.2, 0.25) is 5.91 Å². The van der Waals surface area contributed by atoms with Gasteiger partial charge in [0.25, 0.3) is 0 Å². The fourth-order valence-corrected chi connectivity index (χ4v) is 2.13. The fourth-order valence-electron chi connectivity index (χ4n) is 2.13. The molecule has 1 aromatic carbocycles. The molecule has 118 valence electrons. The van der Waals surface area contributed by atoms with Crippen molar-refractivity contribution in [2.75, 3.05) is 13.7 Å². The number of carbonyl (C=O) groups is 1. The van der Waals surface area contributed by atoms with E-state index in [1.807, 2.05) is 44.2 Å². The van der Waals surface area contributed by atoms with E-state index in [1.165, 1.54) is 0 Å². The van der Waals surface area contributed by atoms with Crippen molar-refractivity contribution in [3.63, 3.8) is 0 Å². The second kappa shape index (κ2) is 7.64. The summed E-state index contributed by atoms with van der Waals surface area (Å²) in [6, 6.07) is 9.74. The number of carbonyl (C=O) groups excluding carboxylic acids is 1. The Morgan fingerprint density at radius 2 is 2.14 bits per heavy atom. The second-order valence-corrected chi connectivity index (χ2v) is 5.45. The molecule has 0 atom stereocenters. The lowest BCUT2D eigenvalue weighted by molar-refractivity contribution is -0.130. The summed E-state index contributed by atoms with van der Waals surface area (Å²) in [5.74, 6) is 1.68. The summed E-state index contributed by atoms with van der Waals surface area (Å²) in [6.45, 7) is 4.86. The maximum absolute atomic E-state index is 12.0. The number of benzene rings is 1. The third-order valence-corrected chi connectivity index (χ3v) is 3.29.